The van der Waals surface area contributed by atoms with Crippen molar-refractivity contribution < 1.29 is 14.6 Å². The highest BCUT2D eigenvalue weighted by Gasteiger charge is 2.47. The Kier molecular flexibility index (Phi) is 8.18. The summed E-state index contributed by atoms with van der Waals surface area (Å²) in [7, 11) is 0. The van der Waals surface area contributed by atoms with E-state index in [-0.39, 0.29) is 0 Å². The van der Waals surface area contributed by atoms with Crippen LogP contribution in [0.15, 0.2) is 12.7 Å². The van der Waals surface area contributed by atoms with Gasteiger partial charge in [-0.3, -0.25) is 4.79 Å². The van der Waals surface area contributed by atoms with Gasteiger partial charge in [-0.1, -0.05) is 6.08 Å². The minimum absolute atomic E-state index is 0.306. The van der Waals surface area contributed by atoms with Gasteiger partial charge in [0.1, 0.15) is 0 Å². The number of hydrogen-bond acceptors (Lipinski definition) is 4. The SMILES string of the molecule is C=CCSCC[C@@H]1[C@H](CSCCCCC(=O)O)[C@@H]2CC[C@H]1O2. The molecule has 2 saturated heterocycles. The van der Waals surface area contributed by atoms with Gasteiger partial charge in [-0.15, -0.1) is 6.58 Å². The Balaban J connectivity index is 1.64. The van der Waals surface area contributed by atoms with Gasteiger partial charge in [0.2, 0.25) is 0 Å². The van der Waals surface area contributed by atoms with Crippen molar-refractivity contribution in [3.8, 4) is 0 Å². The predicted molar refractivity (Wildman–Crippen MR) is 95.8 cm³/mol. The van der Waals surface area contributed by atoms with Gasteiger partial charge >= 0.3 is 5.97 Å². The van der Waals surface area contributed by atoms with E-state index >= 15 is 0 Å². The Morgan fingerprint density at radius 3 is 2.68 bits per heavy atom. The van der Waals surface area contributed by atoms with Gasteiger partial charge in [-0.2, -0.15) is 23.5 Å². The average Bonchev–Trinajstić information content (AvgIpc) is 3.08. The molecule has 1 N–H and O–H groups in total. The number of carboxylic acid groups (broad SMARTS) is 1. The molecule has 0 radical (unpaired) electrons. The summed E-state index contributed by atoms with van der Waals surface area (Å²) < 4.78 is 6.14. The maximum Gasteiger partial charge on any atom is 0.303 e. The van der Waals surface area contributed by atoms with E-state index in [0.29, 0.717) is 24.5 Å². The van der Waals surface area contributed by atoms with E-state index in [0.717, 1.165) is 30.3 Å². The molecule has 2 bridgehead atoms. The van der Waals surface area contributed by atoms with Gasteiger partial charge in [0, 0.05) is 12.2 Å². The van der Waals surface area contributed by atoms with Gasteiger partial charge in [0.25, 0.3) is 0 Å². The highest BCUT2D eigenvalue weighted by molar-refractivity contribution is 7.99. The van der Waals surface area contributed by atoms with E-state index in [9.17, 15) is 4.79 Å². The fourth-order valence-electron chi connectivity index (χ4n) is 3.59. The van der Waals surface area contributed by atoms with Gasteiger partial charge in [-0.05, 0) is 61.2 Å². The second-order valence-corrected chi connectivity index (χ2v) is 8.50. The van der Waals surface area contributed by atoms with Crippen molar-refractivity contribution in [3.63, 3.8) is 0 Å². The summed E-state index contributed by atoms with van der Waals surface area (Å²) >= 11 is 3.96. The molecule has 2 aliphatic rings. The third kappa shape index (κ3) is 5.50. The van der Waals surface area contributed by atoms with E-state index in [1.54, 1.807) is 0 Å². The van der Waals surface area contributed by atoms with Crippen LogP contribution < -0.4 is 0 Å². The van der Waals surface area contributed by atoms with E-state index in [1.807, 2.05) is 29.6 Å². The first kappa shape index (κ1) is 18.2. The van der Waals surface area contributed by atoms with Crippen LogP contribution >= 0.6 is 23.5 Å². The van der Waals surface area contributed by atoms with E-state index < -0.39 is 5.97 Å². The third-order valence-corrected chi connectivity index (χ3v) is 6.85. The first-order chi connectivity index (χ1) is 10.7. The number of rotatable bonds is 12. The van der Waals surface area contributed by atoms with Crippen LogP contribution in [0.5, 0.6) is 0 Å². The first-order valence-electron chi connectivity index (χ1n) is 8.36. The molecule has 0 unspecified atom stereocenters. The molecule has 0 aromatic heterocycles. The van der Waals surface area contributed by atoms with Crippen molar-refractivity contribution >= 4 is 29.5 Å². The van der Waals surface area contributed by atoms with E-state index in [4.69, 9.17) is 9.84 Å². The monoisotopic (exact) mass is 344 g/mol. The standard InChI is InChI=1S/C17H28O3S2/c1-2-9-21-11-8-13-14(16-7-6-15(13)20-16)12-22-10-4-3-5-17(18)19/h2,13-16H,1,3-12H2,(H,18,19)/t13-,14+,15-,16+/m1/s1. The largest absolute Gasteiger partial charge is 0.481 e. The van der Waals surface area contributed by atoms with Gasteiger partial charge in [0.05, 0.1) is 12.2 Å². The van der Waals surface area contributed by atoms with Gasteiger partial charge < -0.3 is 9.84 Å². The van der Waals surface area contributed by atoms with Crippen LogP contribution in [0.25, 0.3) is 0 Å². The smallest absolute Gasteiger partial charge is 0.303 e. The van der Waals surface area contributed by atoms with E-state index in [1.165, 1.54) is 30.8 Å². The lowest BCUT2D eigenvalue weighted by atomic mass is 9.79. The quantitative estimate of drug-likeness (QED) is 0.427. The molecule has 0 spiro atoms. The highest BCUT2D eigenvalue weighted by atomic mass is 32.2. The Morgan fingerprint density at radius 2 is 1.95 bits per heavy atom. The maximum absolute atomic E-state index is 10.5. The second kappa shape index (κ2) is 9.89. The minimum atomic E-state index is -0.677. The molecule has 0 aromatic rings. The van der Waals surface area contributed by atoms with Gasteiger partial charge in [0.15, 0.2) is 0 Å². The molecule has 0 aromatic carbocycles. The maximum atomic E-state index is 10.5. The topological polar surface area (TPSA) is 46.5 Å². The fourth-order valence-corrected chi connectivity index (χ4v) is 5.67. The zero-order valence-electron chi connectivity index (χ0n) is 13.2. The molecule has 2 fully saturated rings. The zero-order valence-corrected chi connectivity index (χ0v) is 14.9. The van der Waals surface area contributed by atoms with Crippen LogP contribution in [0.1, 0.15) is 38.5 Å². The molecule has 0 aliphatic carbocycles. The Labute approximate surface area is 142 Å². The minimum Gasteiger partial charge on any atom is -0.481 e. The van der Waals surface area contributed by atoms with Crippen LogP contribution in [0.2, 0.25) is 0 Å². The molecular weight excluding hydrogens is 316 g/mol. The molecule has 3 nitrogen and oxygen atoms in total. The van der Waals surface area contributed by atoms with E-state index in [2.05, 4.69) is 6.58 Å². The lowest BCUT2D eigenvalue weighted by molar-refractivity contribution is -0.137. The number of ether oxygens (including phenoxy) is 1. The summed E-state index contributed by atoms with van der Waals surface area (Å²) in [5, 5.41) is 8.64. The number of fused-ring (bicyclic) bond motifs is 2. The molecule has 2 rings (SSSR count). The molecule has 2 aliphatic heterocycles. The van der Waals surface area contributed by atoms with Crippen LogP contribution in [-0.4, -0.2) is 46.3 Å². The summed E-state index contributed by atoms with van der Waals surface area (Å²) in [6.45, 7) is 3.77. The number of unbranched alkanes of at least 4 members (excludes halogenated alkanes) is 1. The molecule has 5 heteroatoms. The first-order valence-corrected chi connectivity index (χ1v) is 10.7. The molecule has 0 amide bonds. The average molecular weight is 345 g/mol. The van der Waals surface area contributed by atoms with Crippen LogP contribution in [0.3, 0.4) is 0 Å². The van der Waals surface area contributed by atoms with Crippen molar-refractivity contribution in [1.82, 2.24) is 0 Å². The molecular formula is C17H28O3S2. The fraction of sp³-hybridized carbons (Fsp3) is 0.824. The Bertz CT molecular complexity index is 362. The number of thioether (sulfide) groups is 2. The summed E-state index contributed by atoms with van der Waals surface area (Å²) in [6, 6.07) is 0. The Hall–Kier alpha value is -0.130. The molecule has 126 valence electrons. The van der Waals surface area contributed by atoms with Gasteiger partial charge in [-0.25, -0.2) is 0 Å². The second-order valence-electron chi connectivity index (χ2n) is 6.20. The van der Waals surface area contributed by atoms with Crippen LogP contribution in [0, 0.1) is 11.8 Å². The van der Waals surface area contributed by atoms with Crippen molar-refractivity contribution in [3.05, 3.63) is 12.7 Å². The van der Waals surface area contributed by atoms with Crippen LogP contribution in [-0.2, 0) is 9.53 Å². The lowest BCUT2D eigenvalue weighted by Gasteiger charge is -2.27. The predicted octanol–water partition coefficient (Wildman–Crippen LogP) is 4.08. The number of aliphatic carboxylic acids is 1. The summed E-state index contributed by atoms with van der Waals surface area (Å²) in [5.74, 6) is 5.30. The summed E-state index contributed by atoms with van der Waals surface area (Å²) in [6.07, 6.45) is 8.86. The molecule has 0 saturated carbocycles. The zero-order chi connectivity index (χ0) is 15.8. The normalized spacial score (nSPS) is 29.8. The molecule has 22 heavy (non-hydrogen) atoms. The third-order valence-electron chi connectivity index (χ3n) is 4.66. The summed E-state index contributed by atoms with van der Waals surface area (Å²) in [4.78, 5) is 10.5. The van der Waals surface area contributed by atoms with Crippen LogP contribution in [0.4, 0.5) is 0 Å². The van der Waals surface area contributed by atoms with Crippen molar-refractivity contribution in [2.75, 3.05) is 23.0 Å². The molecule has 4 atom stereocenters. The lowest BCUT2D eigenvalue weighted by Crippen LogP contribution is -2.29. The van der Waals surface area contributed by atoms with Crippen molar-refractivity contribution in [2.24, 2.45) is 11.8 Å². The number of carbonyl (C=O) groups is 1. The van der Waals surface area contributed by atoms with Crippen molar-refractivity contribution in [2.45, 2.75) is 50.7 Å². The number of hydrogen-bond donors (Lipinski definition) is 1. The number of carboxylic acids is 1. The highest BCUT2D eigenvalue weighted by Crippen LogP contribution is 2.46. The van der Waals surface area contributed by atoms with Crippen molar-refractivity contribution in [1.29, 1.82) is 0 Å². The Morgan fingerprint density at radius 1 is 1.18 bits per heavy atom. The summed E-state index contributed by atoms with van der Waals surface area (Å²) in [5.41, 5.74) is 0. The molecule has 2 heterocycles.